The van der Waals surface area contributed by atoms with Crippen LogP contribution in [0.1, 0.15) is 17.7 Å². The molecule has 17 heavy (non-hydrogen) atoms. The first-order valence-electron chi connectivity index (χ1n) is 5.92. The number of nitrogens with one attached hydrogen (secondary N) is 1. The summed E-state index contributed by atoms with van der Waals surface area (Å²) in [6.07, 6.45) is 8.75. The SMILES string of the molecule is Cc1cn(CCCNCc2cccnc2)cn1. The van der Waals surface area contributed by atoms with Crippen molar-refractivity contribution in [2.45, 2.75) is 26.4 Å². The second-order valence-corrected chi connectivity index (χ2v) is 4.14. The van der Waals surface area contributed by atoms with Crippen LogP contribution in [0.3, 0.4) is 0 Å². The molecule has 0 aliphatic heterocycles. The first-order chi connectivity index (χ1) is 8.34. The molecule has 0 aromatic carbocycles. The Hall–Kier alpha value is -1.68. The maximum atomic E-state index is 4.20. The maximum absolute atomic E-state index is 4.20. The molecule has 0 fully saturated rings. The minimum Gasteiger partial charge on any atom is -0.337 e. The lowest BCUT2D eigenvalue weighted by atomic mass is 10.3. The topological polar surface area (TPSA) is 42.7 Å². The van der Waals surface area contributed by atoms with Crippen LogP contribution in [-0.2, 0) is 13.1 Å². The van der Waals surface area contributed by atoms with E-state index < -0.39 is 0 Å². The Bertz CT molecular complexity index is 436. The van der Waals surface area contributed by atoms with Gasteiger partial charge in [-0.3, -0.25) is 4.98 Å². The number of aromatic nitrogens is 3. The normalized spacial score (nSPS) is 10.6. The van der Waals surface area contributed by atoms with Gasteiger partial charge in [-0.1, -0.05) is 6.07 Å². The van der Waals surface area contributed by atoms with Crippen LogP contribution in [0.4, 0.5) is 0 Å². The molecule has 0 saturated heterocycles. The van der Waals surface area contributed by atoms with Crippen molar-refractivity contribution in [1.29, 1.82) is 0 Å². The smallest absolute Gasteiger partial charge is 0.0949 e. The van der Waals surface area contributed by atoms with Crippen molar-refractivity contribution in [2.75, 3.05) is 6.54 Å². The summed E-state index contributed by atoms with van der Waals surface area (Å²) < 4.78 is 2.13. The highest BCUT2D eigenvalue weighted by Crippen LogP contribution is 1.96. The van der Waals surface area contributed by atoms with Gasteiger partial charge < -0.3 is 9.88 Å². The van der Waals surface area contributed by atoms with Crippen molar-refractivity contribution in [3.8, 4) is 0 Å². The minimum absolute atomic E-state index is 0.886. The summed E-state index contributed by atoms with van der Waals surface area (Å²) in [5.74, 6) is 0. The summed E-state index contributed by atoms with van der Waals surface area (Å²) in [6, 6.07) is 4.05. The van der Waals surface area contributed by atoms with Crippen LogP contribution < -0.4 is 5.32 Å². The van der Waals surface area contributed by atoms with Crippen LogP contribution in [0.15, 0.2) is 37.1 Å². The van der Waals surface area contributed by atoms with E-state index in [0.29, 0.717) is 0 Å². The summed E-state index contributed by atoms with van der Waals surface area (Å²) in [6.45, 7) is 4.92. The molecule has 4 heteroatoms. The minimum atomic E-state index is 0.886. The predicted molar refractivity (Wildman–Crippen MR) is 67.5 cm³/mol. The monoisotopic (exact) mass is 230 g/mol. The molecule has 0 bridgehead atoms. The second-order valence-electron chi connectivity index (χ2n) is 4.14. The molecule has 0 atom stereocenters. The van der Waals surface area contributed by atoms with Crippen molar-refractivity contribution in [1.82, 2.24) is 19.9 Å². The third-order valence-electron chi connectivity index (χ3n) is 2.58. The van der Waals surface area contributed by atoms with E-state index in [0.717, 1.165) is 31.7 Å². The number of pyridine rings is 1. The Morgan fingerprint density at radius 1 is 1.41 bits per heavy atom. The Morgan fingerprint density at radius 2 is 2.35 bits per heavy atom. The lowest BCUT2D eigenvalue weighted by molar-refractivity contribution is 0.580. The molecule has 2 heterocycles. The summed E-state index contributed by atoms with van der Waals surface area (Å²) in [7, 11) is 0. The van der Waals surface area contributed by atoms with E-state index in [1.165, 1.54) is 5.56 Å². The van der Waals surface area contributed by atoms with E-state index in [2.05, 4.69) is 32.1 Å². The van der Waals surface area contributed by atoms with E-state index >= 15 is 0 Å². The number of hydrogen-bond acceptors (Lipinski definition) is 3. The van der Waals surface area contributed by atoms with Gasteiger partial charge in [0.25, 0.3) is 0 Å². The van der Waals surface area contributed by atoms with Crippen LogP contribution >= 0.6 is 0 Å². The fourth-order valence-electron chi connectivity index (χ4n) is 1.72. The van der Waals surface area contributed by atoms with Crippen LogP contribution in [0.2, 0.25) is 0 Å². The van der Waals surface area contributed by atoms with Crippen molar-refractivity contribution >= 4 is 0 Å². The van der Waals surface area contributed by atoms with Gasteiger partial charge in [-0.15, -0.1) is 0 Å². The largest absolute Gasteiger partial charge is 0.337 e. The first-order valence-corrected chi connectivity index (χ1v) is 5.92. The van der Waals surface area contributed by atoms with Crippen LogP contribution in [0.25, 0.3) is 0 Å². The standard InChI is InChI=1S/C13H18N4/c1-12-10-17(11-16-12)7-3-6-15-9-13-4-2-5-14-8-13/h2,4-5,8,10-11,15H,3,6-7,9H2,1H3. The Morgan fingerprint density at radius 3 is 3.06 bits per heavy atom. The lowest BCUT2D eigenvalue weighted by Gasteiger charge is -2.05. The predicted octanol–water partition coefficient (Wildman–Crippen LogP) is 1.77. The van der Waals surface area contributed by atoms with Crippen molar-refractivity contribution in [2.24, 2.45) is 0 Å². The average molecular weight is 230 g/mol. The molecule has 2 aromatic heterocycles. The van der Waals surface area contributed by atoms with Gasteiger partial charge in [0.05, 0.1) is 12.0 Å². The molecule has 1 N–H and O–H groups in total. The summed E-state index contributed by atoms with van der Waals surface area (Å²) in [5, 5.41) is 3.40. The molecule has 2 rings (SSSR count). The van der Waals surface area contributed by atoms with Crippen molar-refractivity contribution in [3.05, 3.63) is 48.3 Å². The first kappa shape index (κ1) is 11.8. The molecule has 2 aromatic rings. The highest BCUT2D eigenvalue weighted by molar-refractivity contribution is 5.07. The molecular formula is C13H18N4. The highest BCUT2D eigenvalue weighted by atomic mass is 15.0. The number of rotatable bonds is 6. The lowest BCUT2D eigenvalue weighted by Crippen LogP contribution is -2.16. The van der Waals surface area contributed by atoms with Gasteiger partial charge in [-0.05, 0) is 31.5 Å². The molecule has 0 saturated carbocycles. The summed E-state index contributed by atoms with van der Waals surface area (Å²) in [5.41, 5.74) is 2.30. The van der Waals surface area contributed by atoms with Gasteiger partial charge in [0.15, 0.2) is 0 Å². The van der Waals surface area contributed by atoms with Crippen molar-refractivity contribution < 1.29 is 0 Å². The van der Waals surface area contributed by atoms with Crippen LogP contribution in [-0.4, -0.2) is 21.1 Å². The summed E-state index contributed by atoms with van der Waals surface area (Å²) in [4.78, 5) is 8.28. The molecule has 0 unspecified atom stereocenters. The van der Waals surface area contributed by atoms with E-state index in [4.69, 9.17) is 0 Å². The van der Waals surface area contributed by atoms with Crippen LogP contribution in [0.5, 0.6) is 0 Å². The fourth-order valence-corrected chi connectivity index (χ4v) is 1.72. The van der Waals surface area contributed by atoms with Crippen molar-refractivity contribution in [3.63, 3.8) is 0 Å². The number of aryl methyl sites for hydroxylation is 2. The third-order valence-corrected chi connectivity index (χ3v) is 2.58. The van der Waals surface area contributed by atoms with Gasteiger partial charge in [0, 0.05) is 31.7 Å². The van der Waals surface area contributed by atoms with Gasteiger partial charge in [-0.2, -0.15) is 0 Å². The van der Waals surface area contributed by atoms with E-state index in [1.807, 2.05) is 25.5 Å². The van der Waals surface area contributed by atoms with Gasteiger partial charge in [0.1, 0.15) is 0 Å². The molecule has 0 aliphatic rings. The van der Waals surface area contributed by atoms with Crippen LogP contribution in [0, 0.1) is 6.92 Å². The second kappa shape index (κ2) is 6.15. The zero-order valence-electron chi connectivity index (χ0n) is 10.1. The molecular weight excluding hydrogens is 212 g/mol. The number of imidazole rings is 1. The van der Waals surface area contributed by atoms with E-state index in [1.54, 1.807) is 6.20 Å². The van der Waals surface area contributed by atoms with E-state index in [9.17, 15) is 0 Å². The summed E-state index contributed by atoms with van der Waals surface area (Å²) >= 11 is 0. The average Bonchev–Trinajstić information content (AvgIpc) is 2.76. The quantitative estimate of drug-likeness (QED) is 0.769. The molecule has 0 amide bonds. The highest BCUT2D eigenvalue weighted by Gasteiger charge is 1.94. The molecule has 4 nitrogen and oxygen atoms in total. The molecule has 90 valence electrons. The number of nitrogens with zero attached hydrogens (tertiary/aromatic N) is 3. The Labute approximate surface area is 102 Å². The van der Waals surface area contributed by atoms with Gasteiger partial charge in [-0.25, -0.2) is 4.98 Å². The Kier molecular flexibility index (Phi) is 4.27. The fraction of sp³-hybridized carbons (Fsp3) is 0.385. The van der Waals surface area contributed by atoms with Gasteiger partial charge >= 0.3 is 0 Å². The van der Waals surface area contributed by atoms with E-state index in [-0.39, 0.29) is 0 Å². The zero-order chi connectivity index (χ0) is 11.9. The third kappa shape index (κ3) is 4.00. The maximum Gasteiger partial charge on any atom is 0.0949 e. The number of hydrogen-bond donors (Lipinski definition) is 1. The molecule has 0 aliphatic carbocycles. The zero-order valence-corrected chi connectivity index (χ0v) is 10.1. The Balaban J connectivity index is 1.61. The van der Waals surface area contributed by atoms with Gasteiger partial charge in [0.2, 0.25) is 0 Å². The molecule has 0 spiro atoms. The molecule has 0 radical (unpaired) electrons.